The van der Waals surface area contributed by atoms with Crippen LogP contribution < -0.4 is 16.3 Å². The van der Waals surface area contributed by atoms with Crippen molar-refractivity contribution in [3.63, 3.8) is 0 Å². The van der Waals surface area contributed by atoms with Crippen LogP contribution in [0, 0.1) is 0 Å². The molecule has 0 saturated carbocycles. The highest BCUT2D eigenvalue weighted by Gasteiger charge is 2.03. The van der Waals surface area contributed by atoms with E-state index in [-0.39, 0.29) is 5.56 Å². The number of nitrogens with one attached hydrogen (secondary N) is 1. The lowest BCUT2D eigenvalue weighted by Gasteiger charge is -2.11. The van der Waals surface area contributed by atoms with Gasteiger partial charge in [0.05, 0.1) is 0 Å². The number of H-pyrrole nitrogens is 1. The maximum Gasteiger partial charge on any atom is 0.329 e. The van der Waals surface area contributed by atoms with Gasteiger partial charge in [-0.2, -0.15) is 5.10 Å². The number of anilines is 1. The first kappa shape index (κ1) is 14.5. The van der Waals surface area contributed by atoms with Crippen molar-refractivity contribution >= 4 is 18.1 Å². The first-order valence-electron chi connectivity index (χ1n) is 6.38. The van der Waals surface area contributed by atoms with Gasteiger partial charge in [0.15, 0.2) is 0 Å². The third-order valence-electron chi connectivity index (χ3n) is 2.89. The van der Waals surface area contributed by atoms with E-state index in [0.717, 1.165) is 10.1 Å². The summed E-state index contributed by atoms with van der Waals surface area (Å²) < 4.78 is 0.996. The summed E-state index contributed by atoms with van der Waals surface area (Å²) in [6, 6.07) is 11.1. The first-order valence-corrected chi connectivity index (χ1v) is 6.38. The highest BCUT2D eigenvalue weighted by Crippen LogP contribution is 2.03. The van der Waals surface area contributed by atoms with Crippen molar-refractivity contribution < 1.29 is 0 Å². The van der Waals surface area contributed by atoms with Crippen LogP contribution in [0.2, 0.25) is 0 Å². The van der Waals surface area contributed by atoms with E-state index in [0.29, 0.717) is 5.82 Å². The molecular weight excluding hydrogens is 268 g/mol. The minimum atomic E-state index is -0.473. The fourth-order valence-electron chi connectivity index (χ4n) is 1.64. The molecule has 0 aliphatic rings. The lowest BCUT2D eigenvalue weighted by atomic mass is 10.2. The number of nitrogens with zero attached hydrogens (tertiary/aromatic N) is 3. The van der Waals surface area contributed by atoms with Crippen molar-refractivity contribution in [3.8, 4) is 0 Å². The van der Waals surface area contributed by atoms with Gasteiger partial charge in [0.25, 0.3) is 5.56 Å². The molecule has 0 unspecified atom stereocenters. The Labute approximate surface area is 121 Å². The van der Waals surface area contributed by atoms with Gasteiger partial charge in [0, 0.05) is 26.4 Å². The average molecular weight is 284 g/mol. The van der Waals surface area contributed by atoms with Gasteiger partial charge in [-0.15, -0.1) is 0 Å². The van der Waals surface area contributed by atoms with Gasteiger partial charge in [-0.25, -0.2) is 4.79 Å². The fourth-order valence-corrected chi connectivity index (χ4v) is 1.64. The standard InChI is InChI=1S/C15H16N4O2/c1-18-14(20)11-13(17-15(18)21)19(2)16-10-6-9-12-7-4-3-5-8-12/h3-11H,1-2H3,(H,17,21)/b9-6+,16-10+. The Morgan fingerprint density at radius 2 is 1.95 bits per heavy atom. The van der Waals surface area contributed by atoms with Crippen LogP contribution in [0.3, 0.4) is 0 Å². The summed E-state index contributed by atoms with van der Waals surface area (Å²) >= 11 is 0. The number of allylic oxidation sites excluding steroid dienone is 1. The number of hydrazone groups is 1. The number of aromatic amines is 1. The number of hydrogen-bond acceptors (Lipinski definition) is 4. The molecule has 1 aromatic carbocycles. The Balaban J connectivity index is 2.09. The number of rotatable bonds is 4. The van der Waals surface area contributed by atoms with Crippen molar-refractivity contribution in [2.24, 2.45) is 12.1 Å². The normalized spacial score (nSPS) is 11.3. The highest BCUT2D eigenvalue weighted by atomic mass is 16.2. The molecule has 2 rings (SSSR count). The van der Waals surface area contributed by atoms with Crippen molar-refractivity contribution in [1.29, 1.82) is 0 Å². The second-order valence-electron chi connectivity index (χ2n) is 4.41. The summed E-state index contributed by atoms with van der Waals surface area (Å²) in [5.41, 5.74) is 0.212. The molecule has 0 radical (unpaired) electrons. The Bertz CT molecular complexity index is 741. The molecule has 6 heteroatoms. The van der Waals surface area contributed by atoms with E-state index in [1.807, 2.05) is 36.4 Å². The summed E-state index contributed by atoms with van der Waals surface area (Å²) in [6.07, 6.45) is 5.28. The lowest BCUT2D eigenvalue weighted by molar-refractivity contribution is 0.766. The summed E-state index contributed by atoms with van der Waals surface area (Å²) in [5.74, 6) is 0.340. The van der Waals surface area contributed by atoms with Crippen LogP contribution >= 0.6 is 0 Å². The first-order chi connectivity index (χ1) is 10.1. The van der Waals surface area contributed by atoms with Gasteiger partial charge in [-0.1, -0.05) is 36.4 Å². The smallest absolute Gasteiger partial charge is 0.292 e. The fraction of sp³-hybridized carbons (Fsp3) is 0.133. The zero-order valence-corrected chi connectivity index (χ0v) is 11.9. The number of benzene rings is 1. The van der Waals surface area contributed by atoms with Crippen LogP contribution in [0.1, 0.15) is 5.56 Å². The summed E-state index contributed by atoms with van der Waals surface area (Å²) in [5, 5.41) is 5.55. The molecule has 0 atom stereocenters. The number of aromatic nitrogens is 2. The molecule has 108 valence electrons. The van der Waals surface area contributed by atoms with Crippen molar-refractivity contribution in [3.05, 3.63) is 68.9 Å². The molecule has 6 nitrogen and oxygen atoms in total. The topological polar surface area (TPSA) is 70.5 Å². The quantitative estimate of drug-likeness (QED) is 0.677. The van der Waals surface area contributed by atoms with Crippen molar-refractivity contribution in [2.45, 2.75) is 0 Å². The molecule has 0 amide bonds. The third-order valence-corrected chi connectivity index (χ3v) is 2.89. The largest absolute Gasteiger partial charge is 0.329 e. The zero-order chi connectivity index (χ0) is 15.2. The van der Waals surface area contributed by atoms with Crippen LogP contribution in [0.5, 0.6) is 0 Å². The van der Waals surface area contributed by atoms with E-state index in [1.165, 1.54) is 18.1 Å². The van der Waals surface area contributed by atoms with Gasteiger partial charge >= 0.3 is 5.69 Å². The average Bonchev–Trinajstić information content (AvgIpc) is 2.49. The Morgan fingerprint density at radius 1 is 1.24 bits per heavy atom. The zero-order valence-electron chi connectivity index (χ0n) is 11.9. The Kier molecular flexibility index (Phi) is 4.50. The van der Waals surface area contributed by atoms with E-state index in [1.54, 1.807) is 19.3 Å². The second kappa shape index (κ2) is 6.51. The van der Waals surface area contributed by atoms with Gasteiger partial charge in [-0.3, -0.25) is 19.4 Å². The number of hydrogen-bond donors (Lipinski definition) is 1. The van der Waals surface area contributed by atoms with Crippen LogP contribution in [0.4, 0.5) is 5.82 Å². The molecule has 21 heavy (non-hydrogen) atoms. The minimum Gasteiger partial charge on any atom is -0.292 e. The molecule has 2 aromatic rings. The van der Waals surface area contributed by atoms with E-state index < -0.39 is 5.69 Å². The summed E-state index contributed by atoms with van der Waals surface area (Å²) in [7, 11) is 3.06. The van der Waals surface area contributed by atoms with Crippen LogP contribution in [-0.2, 0) is 7.05 Å². The van der Waals surface area contributed by atoms with Crippen LogP contribution in [0.25, 0.3) is 6.08 Å². The van der Waals surface area contributed by atoms with Gasteiger partial charge in [0.1, 0.15) is 5.82 Å². The molecule has 1 aromatic heterocycles. The molecule has 0 fully saturated rings. The van der Waals surface area contributed by atoms with Gasteiger partial charge in [-0.05, 0) is 11.6 Å². The predicted octanol–water partition coefficient (Wildman–Crippen LogP) is 1.21. The van der Waals surface area contributed by atoms with Crippen molar-refractivity contribution in [1.82, 2.24) is 9.55 Å². The van der Waals surface area contributed by atoms with Crippen molar-refractivity contribution in [2.75, 3.05) is 12.1 Å². The predicted molar refractivity (Wildman–Crippen MR) is 84.7 cm³/mol. The maximum atomic E-state index is 11.5. The lowest BCUT2D eigenvalue weighted by Crippen LogP contribution is -2.33. The van der Waals surface area contributed by atoms with E-state index in [9.17, 15) is 9.59 Å². The summed E-state index contributed by atoms with van der Waals surface area (Å²) in [4.78, 5) is 25.6. The second-order valence-corrected chi connectivity index (χ2v) is 4.41. The third kappa shape index (κ3) is 3.79. The molecule has 0 saturated heterocycles. The highest BCUT2D eigenvalue weighted by molar-refractivity contribution is 5.78. The van der Waals surface area contributed by atoms with E-state index in [2.05, 4.69) is 10.1 Å². The maximum absolute atomic E-state index is 11.5. The van der Waals surface area contributed by atoms with E-state index >= 15 is 0 Å². The SMILES string of the molecule is CN(/N=C/C=C/c1ccccc1)c1cc(=O)n(C)c(=O)[nH]1. The van der Waals surface area contributed by atoms with Gasteiger partial charge in [0.2, 0.25) is 0 Å². The van der Waals surface area contributed by atoms with Gasteiger partial charge < -0.3 is 0 Å². The van der Waals surface area contributed by atoms with Crippen LogP contribution in [0.15, 0.2) is 57.2 Å². The Morgan fingerprint density at radius 3 is 2.62 bits per heavy atom. The minimum absolute atomic E-state index is 0.340. The molecule has 1 heterocycles. The monoisotopic (exact) mass is 284 g/mol. The molecule has 0 spiro atoms. The molecule has 0 aliphatic carbocycles. The molecule has 0 bridgehead atoms. The van der Waals surface area contributed by atoms with Crippen LogP contribution in [-0.4, -0.2) is 22.8 Å². The molecule has 0 aliphatic heterocycles. The molecular formula is C15H16N4O2. The molecule has 1 N–H and O–H groups in total. The van der Waals surface area contributed by atoms with E-state index in [4.69, 9.17) is 0 Å². The Hall–Kier alpha value is -2.89. The summed E-state index contributed by atoms with van der Waals surface area (Å²) in [6.45, 7) is 0.